The first-order chi connectivity index (χ1) is 10.8. The van der Waals surface area contributed by atoms with Crippen LogP contribution in [0.3, 0.4) is 0 Å². The molecule has 0 aliphatic carbocycles. The average molecular weight is 317 g/mol. The van der Waals surface area contributed by atoms with Gasteiger partial charge in [-0.3, -0.25) is 5.10 Å². The summed E-state index contributed by atoms with van der Waals surface area (Å²) in [5.74, 6) is 2.38. The third kappa shape index (κ3) is 3.94. The fourth-order valence-electron chi connectivity index (χ4n) is 2.32. The van der Waals surface area contributed by atoms with E-state index in [-0.39, 0.29) is 6.03 Å². The first kappa shape index (κ1) is 14.8. The minimum absolute atomic E-state index is 0.237. The van der Waals surface area contributed by atoms with E-state index in [0.717, 1.165) is 18.7 Å². The van der Waals surface area contributed by atoms with Crippen molar-refractivity contribution in [2.45, 2.75) is 6.54 Å². The zero-order chi connectivity index (χ0) is 15.2. The number of urea groups is 1. The van der Waals surface area contributed by atoms with Crippen LogP contribution < -0.4 is 15.5 Å². The molecule has 7 heteroatoms. The van der Waals surface area contributed by atoms with Gasteiger partial charge in [0, 0.05) is 43.0 Å². The largest absolute Gasteiger partial charge is 0.370 e. The number of anilines is 2. The Bertz CT molecular complexity index is 593. The summed E-state index contributed by atoms with van der Waals surface area (Å²) in [4.78, 5) is 14.1. The number of nitrogens with zero attached hydrogens (tertiary/aromatic N) is 2. The number of aromatic nitrogens is 2. The second kappa shape index (κ2) is 7.22. The molecule has 2 amide bonds. The van der Waals surface area contributed by atoms with Crippen LogP contribution in [0.25, 0.3) is 0 Å². The number of benzene rings is 1. The number of carbonyl (C=O) groups excluding carboxylic acids is 1. The van der Waals surface area contributed by atoms with Crippen LogP contribution in [0.5, 0.6) is 0 Å². The fourth-order valence-corrected chi connectivity index (χ4v) is 3.23. The Labute approximate surface area is 133 Å². The predicted octanol–water partition coefficient (Wildman–Crippen LogP) is 2.28. The zero-order valence-electron chi connectivity index (χ0n) is 12.2. The average Bonchev–Trinajstić information content (AvgIpc) is 3.07. The number of hydrogen-bond acceptors (Lipinski definition) is 4. The number of H-pyrrole nitrogens is 1. The Kier molecular flexibility index (Phi) is 4.85. The molecular weight excluding hydrogens is 298 g/mol. The van der Waals surface area contributed by atoms with Gasteiger partial charge in [-0.1, -0.05) is 12.1 Å². The van der Waals surface area contributed by atoms with Crippen molar-refractivity contribution >= 4 is 29.2 Å². The summed E-state index contributed by atoms with van der Waals surface area (Å²) >= 11 is 2.01. The summed E-state index contributed by atoms with van der Waals surface area (Å²) in [5.41, 5.74) is 2.99. The molecule has 116 valence electrons. The number of amides is 2. The fraction of sp³-hybridized carbons (Fsp3) is 0.333. The molecule has 2 aromatic rings. The van der Waals surface area contributed by atoms with Crippen molar-refractivity contribution in [2.24, 2.45) is 0 Å². The van der Waals surface area contributed by atoms with Crippen molar-refractivity contribution in [2.75, 3.05) is 34.8 Å². The highest BCUT2D eigenvalue weighted by atomic mass is 32.2. The van der Waals surface area contributed by atoms with E-state index < -0.39 is 0 Å². The maximum Gasteiger partial charge on any atom is 0.319 e. The number of rotatable bonds is 4. The highest BCUT2D eigenvalue weighted by Crippen LogP contribution is 2.19. The molecule has 1 aliphatic rings. The summed E-state index contributed by atoms with van der Waals surface area (Å²) in [6.07, 6.45) is 3.19. The van der Waals surface area contributed by atoms with Crippen LogP contribution >= 0.6 is 11.8 Å². The van der Waals surface area contributed by atoms with Crippen molar-refractivity contribution in [3.63, 3.8) is 0 Å². The van der Waals surface area contributed by atoms with E-state index in [1.807, 2.05) is 11.8 Å². The molecule has 6 nitrogen and oxygen atoms in total. The number of carbonyl (C=O) groups is 1. The molecule has 3 N–H and O–H groups in total. The number of aromatic amines is 1. The molecule has 1 aliphatic heterocycles. The second-order valence-electron chi connectivity index (χ2n) is 5.06. The highest BCUT2D eigenvalue weighted by molar-refractivity contribution is 7.99. The van der Waals surface area contributed by atoms with Crippen molar-refractivity contribution in [3.05, 3.63) is 42.2 Å². The molecule has 1 aromatic heterocycles. The lowest BCUT2D eigenvalue weighted by atomic mass is 10.2. The molecular formula is C15H19N5OS. The third-order valence-electron chi connectivity index (χ3n) is 3.52. The molecule has 0 atom stereocenters. The Morgan fingerprint density at radius 1 is 1.27 bits per heavy atom. The van der Waals surface area contributed by atoms with Crippen molar-refractivity contribution in [3.8, 4) is 0 Å². The number of hydrogen-bond donors (Lipinski definition) is 3. The molecule has 0 saturated carbocycles. The van der Waals surface area contributed by atoms with E-state index >= 15 is 0 Å². The SMILES string of the molecule is O=C(NCc1ccc(N2CCSCC2)cc1)Nc1cn[nH]c1. The van der Waals surface area contributed by atoms with E-state index in [9.17, 15) is 4.79 Å². The zero-order valence-corrected chi connectivity index (χ0v) is 13.0. The first-order valence-corrected chi connectivity index (χ1v) is 8.42. The van der Waals surface area contributed by atoms with Gasteiger partial charge < -0.3 is 15.5 Å². The minimum Gasteiger partial charge on any atom is -0.370 e. The third-order valence-corrected chi connectivity index (χ3v) is 4.46. The topological polar surface area (TPSA) is 73.1 Å². The Hall–Kier alpha value is -2.15. The normalized spacial score (nSPS) is 14.6. The lowest BCUT2D eigenvalue weighted by Gasteiger charge is -2.28. The van der Waals surface area contributed by atoms with Gasteiger partial charge in [0.15, 0.2) is 0 Å². The summed E-state index contributed by atoms with van der Waals surface area (Å²) < 4.78 is 0. The van der Waals surface area contributed by atoms with E-state index in [2.05, 4.69) is 50.0 Å². The lowest BCUT2D eigenvalue weighted by Crippen LogP contribution is -2.32. The van der Waals surface area contributed by atoms with E-state index in [1.165, 1.54) is 17.2 Å². The van der Waals surface area contributed by atoms with Crippen LogP contribution in [0.4, 0.5) is 16.2 Å². The minimum atomic E-state index is -0.237. The van der Waals surface area contributed by atoms with Crippen LogP contribution in [0, 0.1) is 0 Å². The smallest absolute Gasteiger partial charge is 0.319 e. The van der Waals surface area contributed by atoms with Gasteiger partial charge in [0.1, 0.15) is 0 Å². The van der Waals surface area contributed by atoms with Crippen molar-refractivity contribution in [1.29, 1.82) is 0 Å². The molecule has 0 spiro atoms. The maximum absolute atomic E-state index is 11.7. The van der Waals surface area contributed by atoms with Crippen molar-refractivity contribution in [1.82, 2.24) is 15.5 Å². The molecule has 1 aromatic carbocycles. The van der Waals surface area contributed by atoms with Gasteiger partial charge in [0.2, 0.25) is 0 Å². The van der Waals surface area contributed by atoms with Crippen LogP contribution in [-0.2, 0) is 6.54 Å². The predicted molar refractivity (Wildman–Crippen MR) is 90.4 cm³/mol. The van der Waals surface area contributed by atoms with E-state index in [1.54, 1.807) is 12.4 Å². The standard InChI is InChI=1S/C15H19N5OS/c21-15(19-13-10-17-18-11-13)16-9-12-1-3-14(4-2-12)20-5-7-22-8-6-20/h1-4,10-11H,5-9H2,(H,17,18)(H2,16,19,21). The Balaban J connectivity index is 1.49. The van der Waals surface area contributed by atoms with Gasteiger partial charge in [0.05, 0.1) is 11.9 Å². The van der Waals surface area contributed by atoms with Gasteiger partial charge in [-0.15, -0.1) is 0 Å². The lowest BCUT2D eigenvalue weighted by molar-refractivity contribution is 0.251. The van der Waals surface area contributed by atoms with Crippen molar-refractivity contribution < 1.29 is 4.79 Å². The quantitative estimate of drug-likeness (QED) is 0.809. The summed E-state index contributed by atoms with van der Waals surface area (Å²) in [6.45, 7) is 2.71. The Morgan fingerprint density at radius 2 is 2.05 bits per heavy atom. The summed E-state index contributed by atoms with van der Waals surface area (Å²) in [5, 5.41) is 12.0. The van der Waals surface area contributed by atoms with Gasteiger partial charge in [0.25, 0.3) is 0 Å². The first-order valence-electron chi connectivity index (χ1n) is 7.26. The number of thioether (sulfide) groups is 1. The van der Waals surface area contributed by atoms with Crippen LogP contribution in [0.1, 0.15) is 5.56 Å². The number of nitrogens with one attached hydrogen (secondary N) is 3. The molecule has 22 heavy (non-hydrogen) atoms. The maximum atomic E-state index is 11.7. The molecule has 0 radical (unpaired) electrons. The molecule has 0 unspecified atom stereocenters. The van der Waals surface area contributed by atoms with Crippen LogP contribution in [0.15, 0.2) is 36.7 Å². The summed E-state index contributed by atoms with van der Waals surface area (Å²) in [7, 11) is 0. The van der Waals surface area contributed by atoms with Gasteiger partial charge in [-0.05, 0) is 17.7 Å². The van der Waals surface area contributed by atoms with Crippen LogP contribution in [0.2, 0.25) is 0 Å². The monoisotopic (exact) mass is 317 g/mol. The molecule has 3 rings (SSSR count). The van der Waals surface area contributed by atoms with Gasteiger partial charge >= 0.3 is 6.03 Å². The Morgan fingerprint density at radius 3 is 2.73 bits per heavy atom. The second-order valence-corrected chi connectivity index (χ2v) is 6.29. The highest BCUT2D eigenvalue weighted by Gasteiger charge is 2.10. The van der Waals surface area contributed by atoms with Gasteiger partial charge in [-0.2, -0.15) is 16.9 Å². The van der Waals surface area contributed by atoms with Crippen LogP contribution in [-0.4, -0.2) is 40.8 Å². The van der Waals surface area contributed by atoms with E-state index in [4.69, 9.17) is 0 Å². The van der Waals surface area contributed by atoms with E-state index in [0.29, 0.717) is 12.2 Å². The molecule has 2 heterocycles. The molecule has 0 bridgehead atoms. The summed E-state index contributed by atoms with van der Waals surface area (Å²) in [6, 6.07) is 8.14. The molecule has 1 fully saturated rings. The molecule has 1 saturated heterocycles. The van der Waals surface area contributed by atoms with Gasteiger partial charge in [-0.25, -0.2) is 4.79 Å².